The Bertz CT molecular complexity index is 1530. The summed E-state index contributed by atoms with van der Waals surface area (Å²) in [5.41, 5.74) is 4.95. The van der Waals surface area contributed by atoms with E-state index in [9.17, 15) is 5.11 Å². The van der Waals surface area contributed by atoms with Gasteiger partial charge in [0.1, 0.15) is 5.75 Å². The van der Waals surface area contributed by atoms with Crippen molar-refractivity contribution in [2.75, 3.05) is 0 Å². The Kier molecular flexibility index (Phi) is 3.87. The lowest BCUT2D eigenvalue weighted by Crippen LogP contribution is -1.89. The zero-order chi connectivity index (χ0) is 20.1. The van der Waals surface area contributed by atoms with E-state index in [1.165, 1.54) is 47.8 Å². The molecule has 0 atom stereocenters. The molecule has 0 unspecified atom stereocenters. The molecule has 5 aromatic carbocycles. The molecule has 0 saturated carbocycles. The normalized spacial score (nSPS) is 11.5. The number of fused-ring (bicyclic) bond motifs is 5. The van der Waals surface area contributed by atoms with E-state index in [2.05, 4.69) is 84.9 Å². The second-order valence-electron chi connectivity index (χ2n) is 7.51. The summed E-state index contributed by atoms with van der Waals surface area (Å²) in [5, 5.41) is 15.0. The third-order valence-corrected chi connectivity index (χ3v) is 6.93. The highest BCUT2D eigenvalue weighted by atomic mass is 32.1. The Balaban J connectivity index is 1.92. The van der Waals surface area contributed by atoms with E-state index in [0.717, 1.165) is 5.39 Å². The molecule has 0 spiro atoms. The largest absolute Gasteiger partial charge is 0.508 e. The van der Waals surface area contributed by atoms with E-state index >= 15 is 0 Å². The van der Waals surface area contributed by atoms with Crippen LogP contribution in [0.3, 0.4) is 0 Å². The van der Waals surface area contributed by atoms with Crippen molar-refractivity contribution in [2.24, 2.45) is 0 Å². The maximum absolute atomic E-state index is 10.2. The summed E-state index contributed by atoms with van der Waals surface area (Å²) in [7, 11) is 0. The first-order valence-corrected chi connectivity index (χ1v) is 10.8. The summed E-state index contributed by atoms with van der Waals surface area (Å²) < 4.78 is 2.45. The number of phenols is 1. The van der Waals surface area contributed by atoms with Crippen LogP contribution >= 0.6 is 11.3 Å². The summed E-state index contributed by atoms with van der Waals surface area (Å²) in [6.07, 6.45) is 0. The lowest BCUT2D eigenvalue weighted by Gasteiger charge is -2.16. The minimum absolute atomic E-state index is 0.305. The van der Waals surface area contributed by atoms with Crippen LogP contribution in [0, 0.1) is 0 Å². The van der Waals surface area contributed by atoms with Gasteiger partial charge >= 0.3 is 0 Å². The van der Waals surface area contributed by atoms with Crippen LogP contribution in [0.2, 0.25) is 0 Å². The smallest absolute Gasteiger partial charge is 0.116 e. The van der Waals surface area contributed by atoms with E-state index in [0.29, 0.717) is 5.75 Å². The number of hydrogen-bond donors (Lipinski definition) is 1. The summed E-state index contributed by atoms with van der Waals surface area (Å²) in [5.74, 6) is 0.305. The fraction of sp³-hybridized carbons (Fsp3) is 0. The van der Waals surface area contributed by atoms with Crippen LogP contribution in [0.1, 0.15) is 0 Å². The zero-order valence-corrected chi connectivity index (χ0v) is 17.0. The predicted molar refractivity (Wildman–Crippen MR) is 129 cm³/mol. The van der Waals surface area contributed by atoms with E-state index < -0.39 is 0 Å². The van der Waals surface area contributed by atoms with E-state index in [1.54, 1.807) is 17.4 Å². The van der Waals surface area contributed by atoms with E-state index in [4.69, 9.17) is 0 Å². The van der Waals surface area contributed by atoms with Crippen molar-refractivity contribution in [2.45, 2.75) is 0 Å². The molecular formula is C28H18OS. The molecule has 1 heterocycles. The average molecular weight is 403 g/mol. The Hall–Kier alpha value is -3.62. The Morgan fingerprint density at radius 2 is 1.13 bits per heavy atom. The molecule has 6 aromatic rings. The number of hydrogen-bond acceptors (Lipinski definition) is 2. The van der Waals surface area contributed by atoms with Crippen LogP contribution in [0.15, 0.2) is 103 Å². The van der Waals surface area contributed by atoms with Crippen molar-refractivity contribution in [3.63, 3.8) is 0 Å². The molecule has 0 radical (unpaired) electrons. The summed E-state index contributed by atoms with van der Waals surface area (Å²) >= 11 is 1.80. The molecule has 1 N–H and O–H groups in total. The molecule has 0 amide bonds. The van der Waals surface area contributed by atoms with E-state index in [1.807, 2.05) is 12.1 Å². The zero-order valence-electron chi connectivity index (χ0n) is 16.2. The van der Waals surface area contributed by atoms with Crippen molar-refractivity contribution in [3.05, 3.63) is 103 Å². The third kappa shape index (κ3) is 2.54. The molecule has 2 heteroatoms. The number of aromatic hydroxyl groups is 1. The van der Waals surface area contributed by atoms with Gasteiger partial charge in [-0.2, -0.15) is 0 Å². The molecule has 1 aromatic heterocycles. The van der Waals surface area contributed by atoms with Gasteiger partial charge in [0, 0.05) is 25.7 Å². The number of benzene rings is 5. The van der Waals surface area contributed by atoms with Crippen molar-refractivity contribution < 1.29 is 5.11 Å². The Labute approximate surface area is 178 Å². The van der Waals surface area contributed by atoms with Gasteiger partial charge in [-0.05, 0) is 45.7 Å². The van der Waals surface area contributed by atoms with Gasteiger partial charge in [-0.25, -0.2) is 0 Å². The third-order valence-electron chi connectivity index (χ3n) is 5.74. The lowest BCUT2D eigenvalue weighted by molar-refractivity contribution is 0.476. The van der Waals surface area contributed by atoms with Gasteiger partial charge in [0.15, 0.2) is 0 Å². The SMILES string of the molecule is Oc1ccc2sc3c(-c4ccccc4)c(-c4ccccc4)c4ccccc4c3c2c1. The van der Waals surface area contributed by atoms with Crippen molar-refractivity contribution in [1.82, 2.24) is 0 Å². The molecule has 1 nitrogen and oxygen atoms in total. The molecule has 0 aliphatic carbocycles. The van der Waals surface area contributed by atoms with Crippen molar-refractivity contribution in [3.8, 4) is 28.0 Å². The number of rotatable bonds is 2. The van der Waals surface area contributed by atoms with Crippen LogP contribution in [0.4, 0.5) is 0 Å². The second kappa shape index (κ2) is 6.72. The monoisotopic (exact) mass is 402 g/mol. The first-order valence-electron chi connectivity index (χ1n) is 10.0. The van der Waals surface area contributed by atoms with Crippen LogP contribution in [0.25, 0.3) is 53.2 Å². The summed E-state index contributed by atoms with van der Waals surface area (Å²) in [6, 6.07) is 35.7. The van der Waals surface area contributed by atoms with Crippen LogP contribution in [-0.2, 0) is 0 Å². The fourth-order valence-electron chi connectivity index (χ4n) is 4.48. The minimum atomic E-state index is 0.305. The highest BCUT2D eigenvalue weighted by molar-refractivity contribution is 7.26. The fourth-order valence-corrected chi connectivity index (χ4v) is 5.75. The predicted octanol–water partition coefficient (Wildman–Crippen LogP) is 8.25. The number of phenolic OH excluding ortho intramolecular Hbond substituents is 1. The molecule has 142 valence electrons. The van der Waals surface area contributed by atoms with Crippen LogP contribution in [0.5, 0.6) is 5.75 Å². The summed E-state index contributed by atoms with van der Waals surface area (Å²) in [4.78, 5) is 0. The van der Waals surface area contributed by atoms with Crippen molar-refractivity contribution >= 4 is 42.3 Å². The molecule has 0 bridgehead atoms. The number of thiophene rings is 1. The van der Waals surface area contributed by atoms with Gasteiger partial charge < -0.3 is 5.11 Å². The topological polar surface area (TPSA) is 20.2 Å². The van der Waals surface area contributed by atoms with Gasteiger partial charge in [-0.3, -0.25) is 0 Å². The quantitative estimate of drug-likeness (QED) is 0.309. The average Bonchev–Trinajstić information content (AvgIpc) is 3.18. The van der Waals surface area contributed by atoms with Gasteiger partial charge in [0.05, 0.1) is 0 Å². The Morgan fingerprint density at radius 1 is 0.533 bits per heavy atom. The van der Waals surface area contributed by atoms with Gasteiger partial charge in [0.25, 0.3) is 0 Å². The van der Waals surface area contributed by atoms with E-state index in [-0.39, 0.29) is 0 Å². The molecule has 0 saturated heterocycles. The molecule has 0 fully saturated rings. The minimum Gasteiger partial charge on any atom is -0.508 e. The first kappa shape index (κ1) is 17.3. The molecule has 30 heavy (non-hydrogen) atoms. The maximum Gasteiger partial charge on any atom is 0.116 e. The highest BCUT2D eigenvalue weighted by Crippen LogP contribution is 2.50. The highest BCUT2D eigenvalue weighted by Gasteiger charge is 2.20. The van der Waals surface area contributed by atoms with Gasteiger partial charge in [-0.1, -0.05) is 84.9 Å². The second-order valence-corrected chi connectivity index (χ2v) is 8.57. The van der Waals surface area contributed by atoms with Crippen LogP contribution in [-0.4, -0.2) is 5.11 Å². The first-order chi connectivity index (χ1) is 14.8. The molecular weight excluding hydrogens is 384 g/mol. The maximum atomic E-state index is 10.2. The molecule has 6 rings (SSSR count). The van der Waals surface area contributed by atoms with Crippen LogP contribution < -0.4 is 0 Å². The standard InChI is InChI=1S/C28H18OS/c29-20-15-16-24-23(17-20)27-22-14-8-7-13-21(22)25(18-9-3-1-4-10-18)26(28(27)30-24)19-11-5-2-6-12-19/h1-17,29H. The summed E-state index contributed by atoms with van der Waals surface area (Å²) in [6.45, 7) is 0. The van der Waals surface area contributed by atoms with Gasteiger partial charge in [-0.15, -0.1) is 11.3 Å². The van der Waals surface area contributed by atoms with Gasteiger partial charge in [0.2, 0.25) is 0 Å². The molecule has 0 aliphatic rings. The lowest BCUT2D eigenvalue weighted by atomic mass is 9.87. The molecule has 0 aliphatic heterocycles. The Morgan fingerprint density at radius 3 is 1.83 bits per heavy atom. The van der Waals surface area contributed by atoms with Crippen molar-refractivity contribution in [1.29, 1.82) is 0 Å².